The molecule has 0 bridgehead atoms. The first-order valence-electron chi connectivity index (χ1n) is 10.5. The van der Waals surface area contributed by atoms with E-state index in [1.165, 1.54) is 38.5 Å². The van der Waals surface area contributed by atoms with Gasteiger partial charge in [-0.3, -0.25) is 0 Å². The first-order chi connectivity index (χ1) is 10.8. The molecule has 6 atom stereocenters. The molecule has 0 amide bonds. The minimum atomic E-state index is 0.835. The molecule has 6 unspecified atom stereocenters. The average Bonchev–Trinajstić information content (AvgIpc) is 2.46. The van der Waals surface area contributed by atoms with E-state index >= 15 is 0 Å². The fraction of sp³-hybridized carbons (Fsp3) is 0.913. The van der Waals surface area contributed by atoms with Crippen LogP contribution in [0, 0.1) is 47.3 Å². The molecule has 2 saturated carbocycles. The molecule has 0 aromatic rings. The lowest BCUT2D eigenvalue weighted by Crippen LogP contribution is -2.30. The molecule has 23 heavy (non-hydrogen) atoms. The average molecular weight is 319 g/mol. The quantitative estimate of drug-likeness (QED) is 0.475. The molecule has 0 aromatic carbocycles. The van der Waals surface area contributed by atoms with Gasteiger partial charge in [0.15, 0.2) is 0 Å². The largest absolute Gasteiger partial charge is 0.0819 e. The molecule has 0 heterocycles. The van der Waals surface area contributed by atoms with E-state index in [4.69, 9.17) is 0 Å². The second-order valence-corrected chi connectivity index (χ2v) is 9.83. The molecule has 2 aliphatic carbocycles. The first-order valence-corrected chi connectivity index (χ1v) is 10.5. The SMILES string of the molecule is CC(=CC1CC(C)CCC1C(C)C)C1CC(C)CCC1C(C)C. The number of hydrogen-bond acceptors (Lipinski definition) is 0. The highest BCUT2D eigenvalue weighted by Gasteiger charge is 2.34. The first kappa shape index (κ1) is 19.1. The maximum atomic E-state index is 2.75. The van der Waals surface area contributed by atoms with Crippen LogP contribution in [0.25, 0.3) is 0 Å². The maximum Gasteiger partial charge on any atom is -0.0173 e. The van der Waals surface area contributed by atoms with E-state index in [0.717, 1.165) is 47.3 Å². The molecule has 0 heteroatoms. The summed E-state index contributed by atoms with van der Waals surface area (Å²) >= 11 is 0. The summed E-state index contributed by atoms with van der Waals surface area (Å²) in [7, 11) is 0. The van der Waals surface area contributed by atoms with Crippen molar-refractivity contribution in [3.8, 4) is 0 Å². The zero-order chi connectivity index (χ0) is 17.1. The Kier molecular flexibility index (Phi) is 6.81. The van der Waals surface area contributed by atoms with Gasteiger partial charge in [0.1, 0.15) is 0 Å². The lowest BCUT2D eigenvalue weighted by Gasteiger charge is -2.40. The van der Waals surface area contributed by atoms with Crippen LogP contribution in [0.4, 0.5) is 0 Å². The van der Waals surface area contributed by atoms with Gasteiger partial charge in [-0.25, -0.2) is 0 Å². The lowest BCUT2D eigenvalue weighted by molar-refractivity contribution is 0.160. The fourth-order valence-corrected chi connectivity index (χ4v) is 5.65. The van der Waals surface area contributed by atoms with Crippen molar-refractivity contribution in [3.63, 3.8) is 0 Å². The predicted molar refractivity (Wildman–Crippen MR) is 103 cm³/mol. The molecule has 0 nitrogen and oxygen atoms in total. The van der Waals surface area contributed by atoms with Gasteiger partial charge >= 0.3 is 0 Å². The standard InChI is InChI=1S/C23H42/c1-15(2)21-10-8-17(5)12-20(21)14-19(7)23-13-18(6)9-11-22(23)16(3)4/h14-18,20-23H,8-13H2,1-7H3. The summed E-state index contributed by atoms with van der Waals surface area (Å²) in [5.74, 6) is 7.03. The number of hydrogen-bond donors (Lipinski definition) is 0. The molecule has 2 aliphatic rings. The number of allylic oxidation sites excluding steroid dienone is 2. The molecule has 0 N–H and O–H groups in total. The zero-order valence-corrected chi connectivity index (χ0v) is 16.9. The summed E-state index contributed by atoms with van der Waals surface area (Å²) in [4.78, 5) is 0. The van der Waals surface area contributed by atoms with E-state index in [0.29, 0.717) is 0 Å². The van der Waals surface area contributed by atoms with Crippen molar-refractivity contribution < 1.29 is 0 Å². The van der Waals surface area contributed by atoms with Crippen molar-refractivity contribution in [1.29, 1.82) is 0 Å². The van der Waals surface area contributed by atoms with E-state index in [1.807, 2.05) is 0 Å². The Labute approximate surface area is 146 Å². The van der Waals surface area contributed by atoms with E-state index in [-0.39, 0.29) is 0 Å². The van der Waals surface area contributed by atoms with Crippen molar-refractivity contribution in [1.82, 2.24) is 0 Å². The molecule has 134 valence electrons. The van der Waals surface area contributed by atoms with Gasteiger partial charge in [0.25, 0.3) is 0 Å². The summed E-state index contributed by atoms with van der Waals surface area (Å²) in [5.41, 5.74) is 1.74. The van der Waals surface area contributed by atoms with Gasteiger partial charge < -0.3 is 0 Å². The Morgan fingerprint density at radius 1 is 0.783 bits per heavy atom. The molecular weight excluding hydrogens is 276 g/mol. The smallest absolute Gasteiger partial charge is 0.0173 e. The van der Waals surface area contributed by atoms with Crippen molar-refractivity contribution in [2.24, 2.45) is 47.3 Å². The minimum absolute atomic E-state index is 0.835. The van der Waals surface area contributed by atoms with E-state index < -0.39 is 0 Å². The zero-order valence-electron chi connectivity index (χ0n) is 16.9. The Balaban J connectivity index is 2.17. The van der Waals surface area contributed by atoms with Gasteiger partial charge in [0.2, 0.25) is 0 Å². The van der Waals surface area contributed by atoms with Crippen LogP contribution in [-0.4, -0.2) is 0 Å². The van der Waals surface area contributed by atoms with E-state index in [2.05, 4.69) is 54.5 Å². The van der Waals surface area contributed by atoms with Crippen molar-refractivity contribution >= 4 is 0 Å². The second-order valence-electron chi connectivity index (χ2n) is 9.83. The lowest BCUT2D eigenvalue weighted by atomic mass is 9.65. The van der Waals surface area contributed by atoms with Crippen LogP contribution in [0.15, 0.2) is 11.6 Å². The van der Waals surface area contributed by atoms with E-state index in [1.54, 1.807) is 5.57 Å². The van der Waals surface area contributed by atoms with Crippen LogP contribution in [0.1, 0.15) is 87.0 Å². The van der Waals surface area contributed by atoms with Crippen LogP contribution in [0.5, 0.6) is 0 Å². The summed E-state index contributed by atoms with van der Waals surface area (Å²) in [6, 6.07) is 0. The van der Waals surface area contributed by atoms with Crippen molar-refractivity contribution in [3.05, 3.63) is 11.6 Å². The Bertz CT molecular complexity index is 389. The van der Waals surface area contributed by atoms with Gasteiger partial charge in [-0.05, 0) is 80.0 Å². The summed E-state index contributed by atoms with van der Waals surface area (Å²) < 4.78 is 0. The second kappa shape index (κ2) is 8.21. The van der Waals surface area contributed by atoms with Gasteiger partial charge in [-0.15, -0.1) is 0 Å². The fourth-order valence-electron chi connectivity index (χ4n) is 5.65. The Morgan fingerprint density at radius 3 is 1.87 bits per heavy atom. The van der Waals surface area contributed by atoms with Gasteiger partial charge in [0, 0.05) is 0 Å². The Morgan fingerprint density at radius 2 is 1.30 bits per heavy atom. The van der Waals surface area contributed by atoms with Crippen LogP contribution in [0.2, 0.25) is 0 Å². The van der Waals surface area contributed by atoms with Gasteiger partial charge in [-0.1, -0.05) is 66.0 Å². The van der Waals surface area contributed by atoms with Crippen LogP contribution < -0.4 is 0 Å². The maximum absolute atomic E-state index is 2.75. The van der Waals surface area contributed by atoms with Crippen molar-refractivity contribution in [2.45, 2.75) is 87.0 Å². The molecule has 0 spiro atoms. The molecule has 0 aromatic heterocycles. The van der Waals surface area contributed by atoms with Crippen LogP contribution in [0.3, 0.4) is 0 Å². The van der Waals surface area contributed by atoms with Crippen LogP contribution in [-0.2, 0) is 0 Å². The number of rotatable bonds is 4. The third-order valence-corrected chi connectivity index (χ3v) is 7.16. The highest BCUT2D eigenvalue weighted by Crippen LogP contribution is 2.44. The third kappa shape index (κ3) is 4.86. The van der Waals surface area contributed by atoms with Crippen molar-refractivity contribution in [2.75, 3.05) is 0 Å². The molecule has 0 saturated heterocycles. The normalized spacial score (nSPS) is 40.0. The summed E-state index contributed by atoms with van der Waals surface area (Å²) in [5, 5.41) is 0. The minimum Gasteiger partial charge on any atom is -0.0819 e. The molecular formula is C23H42. The highest BCUT2D eigenvalue weighted by atomic mass is 14.4. The molecule has 0 aliphatic heterocycles. The highest BCUT2D eigenvalue weighted by molar-refractivity contribution is 5.11. The summed E-state index contributed by atoms with van der Waals surface area (Å²) in [6.07, 6.45) is 11.4. The van der Waals surface area contributed by atoms with E-state index in [9.17, 15) is 0 Å². The molecule has 2 rings (SSSR count). The predicted octanol–water partition coefficient (Wildman–Crippen LogP) is 7.35. The molecule has 0 radical (unpaired) electrons. The summed E-state index contributed by atoms with van der Waals surface area (Å²) in [6.45, 7) is 17.2. The monoisotopic (exact) mass is 318 g/mol. The van der Waals surface area contributed by atoms with Gasteiger partial charge in [-0.2, -0.15) is 0 Å². The van der Waals surface area contributed by atoms with Crippen LogP contribution >= 0.6 is 0 Å². The Hall–Kier alpha value is -0.260. The molecule has 2 fully saturated rings. The third-order valence-electron chi connectivity index (χ3n) is 7.16. The topological polar surface area (TPSA) is 0 Å². The van der Waals surface area contributed by atoms with Gasteiger partial charge in [0.05, 0.1) is 0 Å².